The van der Waals surface area contributed by atoms with Gasteiger partial charge in [-0.2, -0.15) is 0 Å². The predicted octanol–water partition coefficient (Wildman–Crippen LogP) is 3.86. The molecule has 23 heavy (non-hydrogen) atoms. The zero-order valence-electron chi connectivity index (χ0n) is 13.6. The molecule has 1 aliphatic rings. The van der Waals surface area contributed by atoms with Gasteiger partial charge in [0.25, 0.3) is 0 Å². The van der Waals surface area contributed by atoms with Crippen LogP contribution in [-0.4, -0.2) is 24.7 Å². The maximum atomic E-state index is 12.0. The topological polar surface area (TPSA) is 84.3 Å². The Hall–Kier alpha value is -2.04. The van der Waals surface area contributed by atoms with Crippen molar-refractivity contribution >= 4 is 5.97 Å². The second-order valence-corrected chi connectivity index (χ2v) is 6.31. The van der Waals surface area contributed by atoms with Crippen molar-refractivity contribution in [3.63, 3.8) is 0 Å². The van der Waals surface area contributed by atoms with E-state index in [1.807, 2.05) is 30.3 Å². The first kappa shape index (κ1) is 17.3. The fourth-order valence-electron chi connectivity index (χ4n) is 2.76. The van der Waals surface area contributed by atoms with Gasteiger partial charge in [-0.25, -0.2) is 0 Å². The number of nitrogens with zero attached hydrogens (tertiary/aromatic N) is 3. The lowest BCUT2D eigenvalue weighted by Gasteiger charge is -2.19. The molecule has 1 aromatic rings. The number of hydrogen-bond acceptors (Lipinski definition) is 4. The molecule has 0 bridgehead atoms. The molecule has 6 nitrogen and oxygen atoms in total. The molecule has 124 valence electrons. The molecule has 1 aliphatic heterocycles. The molecule has 0 radical (unpaired) electrons. The van der Waals surface area contributed by atoms with Gasteiger partial charge in [0.15, 0.2) is 0 Å². The smallest absolute Gasteiger partial charge is 0.311 e. The van der Waals surface area contributed by atoms with Crippen LogP contribution in [0.25, 0.3) is 10.4 Å². The highest BCUT2D eigenvalue weighted by atomic mass is 16.6. The van der Waals surface area contributed by atoms with E-state index < -0.39 is 0 Å². The lowest BCUT2D eigenvalue weighted by Crippen LogP contribution is -2.25. The highest BCUT2D eigenvalue weighted by molar-refractivity contribution is 5.74. The first-order valence-corrected chi connectivity index (χ1v) is 7.96. The van der Waals surface area contributed by atoms with Gasteiger partial charge in [-0.1, -0.05) is 49.3 Å². The Labute approximate surface area is 136 Å². The first-order valence-electron chi connectivity index (χ1n) is 7.96. The number of esters is 1. The molecule has 1 aromatic carbocycles. The van der Waals surface area contributed by atoms with Crippen molar-refractivity contribution in [2.45, 2.75) is 45.4 Å². The van der Waals surface area contributed by atoms with Crippen molar-refractivity contribution in [3.8, 4) is 0 Å². The van der Waals surface area contributed by atoms with E-state index in [1.54, 1.807) is 0 Å². The van der Waals surface area contributed by atoms with Crippen molar-refractivity contribution in [1.29, 1.82) is 0 Å². The maximum Gasteiger partial charge on any atom is 0.311 e. The monoisotopic (exact) mass is 317 g/mol. The number of hydrogen-bond donors (Lipinski definition) is 0. The standard InChI is InChI=1S/C17H23N3O3/c1-12(2)8-15(19-20-18)16-9-14(17(21)23-16)11-22-10-13-6-4-3-5-7-13/h3-7,12,14-16H,8-11H2,1-2H3/t14-,15+,16-/m0/s1. The lowest BCUT2D eigenvalue weighted by atomic mass is 9.95. The van der Waals surface area contributed by atoms with Crippen LogP contribution in [0.3, 0.4) is 0 Å². The van der Waals surface area contributed by atoms with Crippen LogP contribution in [0, 0.1) is 11.8 Å². The zero-order chi connectivity index (χ0) is 16.7. The highest BCUT2D eigenvalue weighted by Crippen LogP contribution is 2.28. The lowest BCUT2D eigenvalue weighted by molar-refractivity contribution is -0.146. The van der Waals surface area contributed by atoms with Crippen molar-refractivity contribution < 1.29 is 14.3 Å². The van der Waals surface area contributed by atoms with E-state index in [0.29, 0.717) is 32.0 Å². The molecule has 0 unspecified atom stereocenters. The summed E-state index contributed by atoms with van der Waals surface area (Å²) in [6.07, 6.45) is 0.912. The summed E-state index contributed by atoms with van der Waals surface area (Å²) >= 11 is 0. The normalized spacial score (nSPS) is 21.8. The average molecular weight is 317 g/mol. The van der Waals surface area contributed by atoms with Crippen LogP contribution in [0.1, 0.15) is 32.3 Å². The molecule has 0 aromatic heterocycles. The van der Waals surface area contributed by atoms with Crippen LogP contribution in [-0.2, 0) is 20.9 Å². The van der Waals surface area contributed by atoms with Crippen LogP contribution in [0.4, 0.5) is 0 Å². The molecule has 0 N–H and O–H groups in total. The number of cyclic esters (lactones) is 1. The third-order valence-electron chi connectivity index (χ3n) is 3.89. The van der Waals surface area contributed by atoms with Gasteiger partial charge in [0, 0.05) is 11.3 Å². The minimum Gasteiger partial charge on any atom is -0.462 e. The van der Waals surface area contributed by atoms with Gasteiger partial charge in [0.1, 0.15) is 6.10 Å². The molecule has 0 spiro atoms. The molecule has 0 saturated carbocycles. The Bertz CT molecular complexity index is 555. The SMILES string of the molecule is CC(C)C[C@@H](N=[N+]=[N-])[C@@H]1C[C@@H](COCc2ccccc2)C(=O)O1. The van der Waals surface area contributed by atoms with Crippen LogP contribution < -0.4 is 0 Å². The van der Waals surface area contributed by atoms with E-state index >= 15 is 0 Å². The summed E-state index contributed by atoms with van der Waals surface area (Å²) in [6.45, 7) is 4.91. The Morgan fingerprint density at radius 3 is 2.78 bits per heavy atom. The van der Waals surface area contributed by atoms with E-state index in [4.69, 9.17) is 15.0 Å². The summed E-state index contributed by atoms with van der Waals surface area (Å²) in [7, 11) is 0. The van der Waals surface area contributed by atoms with Gasteiger partial charge in [0.05, 0.1) is 25.2 Å². The summed E-state index contributed by atoms with van der Waals surface area (Å²) in [5.41, 5.74) is 9.77. The molecule has 6 heteroatoms. The molecule has 1 saturated heterocycles. The summed E-state index contributed by atoms with van der Waals surface area (Å²) in [5.74, 6) is -0.171. The van der Waals surface area contributed by atoms with Crippen LogP contribution in [0.2, 0.25) is 0 Å². The summed E-state index contributed by atoms with van der Waals surface area (Å²) in [5, 5.41) is 3.81. The minimum atomic E-state index is -0.342. The van der Waals surface area contributed by atoms with Gasteiger partial charge in [-0.3, -0.25) is 4.79 Å². The Morgan fingerprint density at radius 1 is 1.39 bits per heavy atom. The van der Waals surface area contributed by atoms with Crippen molar-refractivity contribution in [1.82, 2.24) is 0 Å². The predicted molar refractivity (Wildman–Crippen MR) is 86.5 cm³/mol. The Kier molecular flexibility index (Phi) is 6.44. The van der Waals surface area contributed by atoms with E-state index in [0.717, 1.165) is 5.56 Å². The number of rotatable bonds is 8. The molecular weight excluding hydrogens is 294 g/mol. The molecule has 0 amide bonds. The fourth-order valence-corrected chi connectivity index (χ4v) is 2.76. The quantitative estimate of drug-likeness (QED) is 0.316. The fraction of sp³-hybridized carbons (Fsp3) is 0.588. The van der Waals surface area contributed by atoms with Gasteiger partial charge in [0.2, 0.25) is 0 Å². The van der Waals surface area contributed by atoms with Crippen LogP contribution in [0.15, 0.2) is 35.4 Å². The number of azide groups is 1. The minimum absolute atomic E-state index is 0.259. The summed E-state index contributed by atoms with van der Waals surface area (Å²) < 4.78 is 11.0. The number of benzene rings is 1. The second-order valence-electron chi connectivity index (χ2n) is 6.31. The molecule has 1 fully saturated rings. The van der Waals surface area contributed by atoms with Gasteiger partial charge in [-0.15, -0.1) is 0 Å². The third kappa shape index (κ3) is 5.27. The van der Waals surface area contributed by atoms with Crippen LogP contribution in [0.5, 0.6) is 0 Å². The maximum absolute atomic E-state index is 12.0. The molecule has 1 heterocycles. The summed E-state index contributed by atoms with van der Waals surface area (Å²) in [6, 6.07) is 9.52. The molecular formula is C17H23N3O3. The van der Waals surface area contributed by atoms with Gasteiger partial charge < -0.3 is 9.47 Å². The molecule has 3 atom stereocenters. The molecule has 0 aliphatic carbocycles. The van der Waals surface area contributed by atoms with Gasteiger partial charge >= 0.3 is 5.97 Å². The summed E-state index contributed by atoms with van der Waals surface area (Å²) in [4.78, 5) is 14.9. The zero-order valence-corrected chi connectivity index (χ0v) is 13.6. The largest absolute Gasteiger partial charge is 0.462 e. The van der Waals surface area contributed by atoms with Crippen LogP contribution >= 0.6 is 0 Å². The second kappa shape index (κ2) is 8.56. The number of carbonyl (C=O) groups is 1. The number of carbonyl (C=O) groups excluding carboxylic acids is 1. The Morgan fingerprint density at radius 2 is 2.13 bits per heavy atom. The average Bonchev–Trinajstić information content (AvgIpc) is 2.89. The molecule has 2 rings (SSSR count). The van der Waals surface area contributed by atoms with E-state index in [9.17, 15) is 4.79 Å². The number of ether oxygens (including phenoxy) is 2. The van der Waals surface area contributed by atoms with Crippen molar-refractivity contribution in [2.75, 3.05) is 6.61 Å². The van der Waals surface area contributed by atoms with Gasteiger partial charge in [-0.05, 0) is 23.4 Å². The third-order valence-corrected chi connectivity index (χ3v) is 3.89. The Balaban J connectivity index is 1.85. The first-order chi connectivity index (χ1) is 11.1. The van der Waals surface area contributed by atoms with E-state index in [1.165, 1.54) is 0 Å². The highest BCUT2D eigenvalue weighted by Gasteiger charge is 2.38. The van der Waals surface area contributed by atoms with Crippen molar-refractivity contribution in [3.05, 3.63) is 46.3 Å². The van der Waals surface area contributed by atoms with E-state index in [2.05, 4.69) is 23.9 Å². The van der Waals surface area contributed by atoms with Crippen molar-refractivity contribution in [2.24, 2.45) is 17.0 Å². The van der Waals surface area contributed by atoms with E-state index in [-0.39, 0.29) is 24.0 Å².